The van der Waals surface area contributed by atoms with E-state index in [0.29, 0.717) is 45.9 Å². The Labute approximate surface area is 166 Å². The van der Waals surface area contributed by atoms with E-state index in [1.807, 2.05) is 6.92 Å². The standard InChI is InChI=1S/C18H21ClN4O3S/c1-4-5-15-21-16(26-22-15)11(2)27-18-20-14-10-12(19)6-7-13(14)17(24)23(18)8-9-25-3/h6-7,10-11H,4-5,8-9H2,1-3H3. The Bertz CT molecular complexity index is 988. The molecule has 0 aliphatic carbocycles. The van der Waals surface area contributed by atoms with Gasteiger partial charge in [-0.3, -0.25) is 9.36 Å². The Balaban J connectivity index is 1.98. The maximum absolute atomic E-state index is 12.9. The van der Waals surface area contributed by atoms with Gasteiger partial charge in [-0.25, -0.2) is 4.98 Å². The second-order valence-corrected chi connectivity index (χ2v) is 7.81. The van der Waals surface area contributed by atoms with Crippen molar-refractivity contribution in [1.82, 2.24) is 19.7 Å². The Morgan fingerprint density at radius 2 is 2.19 bits per heavy atom. The third-order valence-corrected chi connectivity index (χ3v) is 5.30. The van der Waals surface area contributed by atoms with Crippen molar-refractivity contribution in [2.75, 3.05) is 13.7 Å². The zero-order valence-corrected chi connectivity index (χ0v) is 17.0. The van der Waals surface area contributed by atoms with E-state index in [-0.39, 0.29) is 10.8 Å². The molecule has 0 N–H and O–H groups in total. The molecule has 0 fully saturated rings. The molecule has 9 heteroatoms. The van der Waals surface area contributed by atoms with Crippen LogP contribution in [0.25, 0.3) is 10.9 Å². The van der Waals surface area contributed by atoms with E-state index in [1.54, 1.807) is 29.9 Å². The maximum atomic E-state index is 12.9. The fourth-order valence-electron chi connectivity index (χ4n) is 2.61. The van der Waals surface area contributed by atoms with Gasteiger partial charge in [0.15, 0.2) is 11.0 Å². The number of aryl methyl sites for hydroxylation is 1. The van der Waals surface area contributed by atoms with Crippen molar-refractivity contribution in [2.24, 2.45) is 0 Å². The summed E-state index contributed by atoms with van der Waals surface area (Å²) in [6.45, 7) is 4.82. The van der Waals surface area contributed by atoms with E-state index in [4.69, 9.17) is 20.9 Å². The van der Waals surface area contributed by atoms with Crippen LogP contribution < -0.4 is 5.56 Å². The van der Waals surface area contributed by atoms with Gasteiger partial charge in [0.05, 0.1) is 29.3 Å². The monoisotopic (exact) mass is 408 g/mol. The second-order valence-electron chi connectivity index (χ2n) is 6.06. The molecule has 0 radical (unpaired) electrons. The van der Waals surface area contributed by atoms with Crippen molar-refractivity contribution in [1.29, 1.82) is 0 Å². The highest BCUT2D eigenvalue weighted by Gasteiger charge is 2.20. The van der Waals surface area contributed by atoms with Gasteiger partial charge in [0, 0.05) is 18.6 Å². The lowest BCUT2D eigenvalue weighted by Crippen LogP contribution is -2.25. The van der Waals surface area contributed by atoms with E-state index < -0.39 is 0 Å². The van der Waals surface area contributed by atoms with Crippen LogP contribution >= 0.6 is 23.4 Å². The number of ether oxygens (including phenoxy) is 1. The van der Waals surface area contributed by atoms with E-state index in [0.717, 1.165) is 12.8 Å². The first-order chi connectivity index (χ1) is 13.0. The first-order valence-electron chi connectivity index (χ1n) is 8.71. The summed E-state index contributed by atoms with van der Waals surface area (Å²) in [7, 11) is 1.60. The molecule has 2 aromatic heterocycles. The quantitative estimate of drug-likeness (QED) is 0.413. The molecule has 144 valence electrons. The Morgan fingerprint density at radius 3 is 2.93 bits per heavy atom. The molecule has 0 bridgehead atoms. The molecule has 27 heavy (non-hydrogen) atoms. The average molecular weight is 409 g/mol. The third-order valence-electron chi connectivity index (χ3n) is 3.99. The predicted octanol–water partition coefficient (Wildman–Crippen LogP) is 3.89. The van der Waals surface area contributed by atoms with E-state index in [9.17, 15) is 4.79 Å². The summed E-state index contributed by atoms with van der Waals surface area (Å²) >= 11 is 7.47. The first kappa shape index (κ1) is 19.9. The van der Waals surface area contributed by atoms with E-state index in [2.05, 4.69) is 22.0 Å². The van der Waals surface area contributed by atoms with Crippen LogP contribution in [0.4, 0.5) is 0 Å². The number of nitrogens with zero attached hydrogens (tertiary/aromatic N) is 4. The summed E-state index contributed by atoms with van der Waals surface area (Å²) in [5.41, 5.74) is 0.439. The molecule has 3 aromatic rings. The molecule has 3 rings (SSSR count). The predicted molar refractivity (Wildman–Crippen MR) is 105 cm³/mol. The topological polar surface area (TPSA) is 83.0 Å². The average Bonchev–Trinajstić information content (AvgIpc) is 3.10. The van der Waals surface area contributed by atoms with Crippen LogP contribution in [-0.4, -0.2) is 33.4 Å². The van der Waals surface area contributed by atoms with Crippen LogP contribution in [0, 0.1) is 0 Å². The number of halogens is 1. The molecule has 2 heterocycles. The largest absolute Gasteiger partial charge is 0.383 e. The van der Waals surface area contributed by atoms with Crippen LogP contribution in [0.2, 0.25) is 5.02 Å². The van der Waals surface area contributed by atoms with Crippen LogP contribution in [0.15, 0.2) is 32.7 Å². The smallest absolute Gasteiger partial charge is 0.262 e. The van der Waals surface area contributed by atoms with Crippen LogP contribution in [0.3, 0.4) is 0 Å². The lowest BCUT2D eigenvalue weighted by Gasteiger charge is -2.14. The minimum absolute atomic E-state index is 0.124. The zero-order chi connectivity index (χ0) is 19.4. The fraction of sp³-hybridized carbons (Fsp3) is 0.444. The Morgan fingerprint density at radius 1 is 1.37 bits per heavy atom. The van der Waals surface area contributed by atoms with Gasteiger partial charge in [0.25, 0.3) is 5.56 Å². The molecule has 0 saturated heterocycles. The molecule has 1 atom stereocenters. The molecule has 0 amide bonds. The lowest BCUT2D eigenvalue weighted by atomic mass is 10.2. The molecule has 1 unspecified atom stereocenters. The summed E-state index contributed by atoms with van der Waals surface area (Å²) in [4.78, 5) is 22.0. The number of hydrogen-bond donors (Lipinski definition) is 0. The number of aromatic nitrogens is 4. The minimum atomic E-state index is -0.152. The van der Waals surface area contributed by atoms with Crippen molar-refractivity contribution in [2.45, 2.75) is 43.6 Å². The molecule has 0 aliphatic rings. The van der Waals surface area contributed by atoms with Crippen molar-refractivity contribution < 1.29 is 9.26 Å². The zero-order valence-electron chi connectivity index (χ0n) is 15.4. The van der Waals surface area contributed by atoms with Crippen molar-refractivity contribution in [3.8, 4) is 0 Å². The number of methoxy groups -OCH3 is 1. The molecular formula is C18H21ClN4O3S. The molecule has 0 saturated carbocycles. The summed E-state index contributed by atoms with van der Waals surface area (Å²) in [5, 5.41) is 5.47. The molecule has 1 aromatic carbocycles. The van der Waals surface area contributed by atoms with Gasteiger partial charge < -0.3 is 9.26 Å². The van der Waals surface area contributed by atoms with Gasteiger partial charge in [-0.05, 0) is 31.5 Å². The molecule has 7 nitrogen and oxygen atoms in total. The Hall–Kier alpha value is -1.90. The lowest BCUT2D eigenvalue weighted by molar-refractivity contribution is 0.183. The van der Waals surface area contributed by atoms with Crippen molar-refractivity contribution >= 4 is 34.3 Å². The first-order valence-corrected chi connectivity index (χ1v) is 9.97. The van der Waals surface area contributed by atoms with Crippen molar-refractivity contribution in [3.05, 3.63) is 45.3 Å². The van der Waals surface area contributed by atoms with Crippen LogP contribution in [0.5, 0.6) is 0 Å². The fourth-order valence-corrected chi connectivity index (χ4v) is 3.74. The highest BCUT2D eigenvalue weighted by atomic mass is 35.5. The van der Waals surface area contributed by atoms with Gasteiger partial charge in [0.2, 0.25) is 5.89 Å². The SMILES string of the molecule is CCCc1noc(C(C)Sc2nc3cc(Cl)ccc3c(=O)n2CCOC)n1. The van der Waals surface area contributed by atoms with Gasteiger partial charge in [-0.2, -0.15) is 4.98 Å². The van der Waals surface area contributed by atoms with Gasteiger partial charge >= 0.3 is 0 Å². The molecule has 0 aliphatic heterocycles. The minimum Gasteiger partial charge on any atom is -0.383 e. The number of fused-ring (bicyclic) bond motifs is 1. The highest BCUT2D eigenvalue weighted by molar-refractivity contribution is 7.99. The molecular weight excluding hydrogens is 388 g/mol. The Kier molecular flexibility index (Phi) is 6.51. The third kappa shape index (κ3) is 4.51. The van der Waals surface area contributed by atoms with Gasteiger partial charge in [-0.15, -0.1) is 0 Å². The van der Waals surface area contributed by atoms with Gasteiger partial charge in [-0.1, -0.05) is 35.4 Å². The van der Waals surface area contributed by atoms with Crippen molar-refractivity contribution in [3.63, 3.8) is 0 Å². The summed E-state index contributed by atoms with van der Waals surface area (Å²) in [5.74, 6) is 1.21. The highest BCUT2D eigenvalue weighted by Crippen LogP contribution is 2.33. The van der Waals surface area contributed by atoms with E-state index in [1.165, 1.54) is 11.8 Å². The summed E-state index contributed by atoms with van der Waals surface area (Å²) < 4.78 is 12.1. The summed E-state index contributed by atoms with van der Waals surface area (Å²) in [6.07, 6.45) is 1.72. The number of benzene rings is 1. The van der Waals surface area contributed by atoms with Gasteiger partial charge in [0.1, 0.15) is 0 Å². The van der Waals surface area contributed by atoms with Crippen LogP contribution in [0.1, 0.15) is 37.2 Å². The van der Waals surface area contributed by atoms with Crippen LogP contribution in [-0.2, 0) is 17.7 Å². The second kappa shape index (κ2) is 8.86. The maximum Gasteiger partial charge on any atom is 0.262 e. The number of thioether (sulfide) groups is 1. The normalized spacial score (nSPS) is 12.6. The molecule has 0 spiro atoms. The van der Waals surface area contributed by atoms with E-state index >= 15 is 0 Å². The number of rotatable bonds is 8. The summed E-state index contributed by atoms with van der Waals surface area (Å²) in [6, 6.07) is 5.08. The number of hydrogen-bond acceptors (Lipinski definition) is 7.